The Hall–Kier alpha value is -2.80. The van der Waals surface area contributed by atoms with Crippen LogP contribution in [-0.2, 0) is 16.6 Å². The van der Waals surface area contributed by atoms with Crippen LogP contribution in [0.1, 0.15) is 5.56 Å². The first-order valence-electron chi connectivity index (χ1n) is 9.08. The van der Waals surface area contributed by atoms with Crippen LogP contribution in [0.25, 0.3) is 11.3 Å². The van der Waals surface area contributed by atoms with Gasteiger partial charge in [-0.2, -0.15) is 5.10 Å². The molecule has 0 unspecified atom stereocenters. The fourth-order valence-electron chi connectivity index (χ4n) is 3.03. The Morgan fingerprint density at radius 3 is 2.23 bits per heavy atom. The molecular weight excluding hydrogens is 441 g/mol. The van der Waals surface area contributed by atoms with Crippen molar-refractivity contribution in [3.05, 3.63) is 101 Å². The van der Waals surface area contributed by atoms with E-state index in [-0.39, 0.29) is 20.6 Å². The molecule has 3 aromatic carbocycles. The van der Waals surface area contributed by atoms with Gasteiger partial charge < -0.3 is 0 Å². The third-order valence-electron chi connectivity index (χ3n) is 4.45. The molecule has 0 atom stereocenters. The largest absolute Gasteiger partial charge is 0.278 e. The summed E-state index contributed by atoms with van der Waals surface area (Å²) in [5, 5.41) is 4.97. The lowest BCUT2D eigenvalue weighted by Crippen LogP contribution is -2.13. The van der Waals surface area contributed by atoms with Gasteiger partial charge in [0.2, 0.25) is 0 Å². The fourth-order valence-corrected chi connectivity index (χ4v) is 4.68. The molecule has 0 aliphatic carbocycles. The quantitative estimate of drug-likeness (QED) is 0.403. The Bertz CT molecular complexity index is 1270. The first-order valence-corrected chi connectivity index (χ1v) is 11.3. The Balaban J connectivity index is 1.77. The molecule has 152 valence electrons. The standard InChI is InChI=1S/C22H17Cl2N3O2S/c23-18-12-7-13-19(21(18)24)26-30(28,29)20-15-27(14-16-8-3-1-4-9-16)25-22(20)17-10-5-2-6-11-17/h1-13,15,26H,14H2. The Kier molecular flexibility index (Phi) is 5.81. The minimum absolute atomic E-state index is 0.0562. The molecule has 4 aromatic rings. The number of aromatic nitrogens is 2. The Morgan fingerprint density at radius 1 is 0.867 bits per heavy atom. The molecule has 0 radical (unpaired) electrons. The molecule has 30 heavy (non-hydrogen) atoms. The molecule has 0 aliphatic rings. The minimum Gasteiger partial charge on any atom is -0.278 e. The third-order valence-corrected chi connectivity index (χ3v) is 6.63. The van der Waals surface area contributed by atoms with Gasteiger partial charge in [-0.25, -0.2) is 8.42 Å². The molecular formula is C22H17Cl2N3O2S. The van der Waals surface area contributed by atoms with Gasteiger partial charge >= 0.3 is 0 Å². The van der Waals surface area contributed by atoms with E-state index >= 15 is 0 Å². The van der Waals surface area contributed by atoms with Crippen molar-refractivity contribution in [2.45, 2.75) is 11.4 Å². The topological polar surface area (TPSA) is 64.0 Å². The summed E-state index contributed by atoms with van der Waals surface area (Å²) in [6, 6.07) is 23.7. The lowest BCUT2D eigenvalue weighted by molar-refractivity contribution is 0.601. The average molecular weight is 458 g/mol. The molecule has 0 amide bonds. The number of nitrogens with one attached hydrogen (secondary N) is 1. The molecule has 0 saturated carbocycles. The first-order chi connectivity index (χ1) is 14.4. The van der Waals surface area contributed by atoms with E-state index in [0.29, 0.717) is 17.8 Å². The van der Waals surface area contributed by atoms with Gasteiger partial charge in [0.25, 0.3) is 10.0 Å². The van der Waals surface area contributed by atoms with E-state index in [2.05, 4.69) is 9.82 Å². The monoisotopic (exact) mass is 457 g/mol. The van der Waals surface area contributed by atoms with E-state index in [4.69, 9.17) is 23.2 Å². The van der Waals surface area contributed by atoms with Gasteiger partial charge in [-0.05, 0) is 17.7 Å². The van der Waals surface area contributed by atoms with Crippen molar-refractivity contribution in [3.63, 3.8) is 0 Å². The zero-order valence-electron chi connectivity index (χ0n) is 15.7. The summed E-state index contributed by atoms with van der Waals surface area (Å²) in [6.45, 7) is 0.439. The van der Waals surface area contributed by atoms with Crippen molar-refractivity contribution >= 4 is 38.9 Å². The van der Waals surface area contributed by atoms with Crippen LogP contribution in [0, 0.1) is 0 Å². The summed E-state index contributed by atoms with van der Waals surface area (Å²) in [5.74, 6) is 0. The number of rotatable bonds is 6. The first kappa shape index (κ1) is 20.5. The fraction of sp³-hybridized carbons (Fsp3) is 0.0455. The highest BCUT2D eigenvalue weighted by Gasteiger charge is 2.25. The number of hydrogen-bond acceptors (Lipinski definition) is 3. The Labute approximate surface area is 184 Å². The summed E-state index contributed by atoms with van der Waals surface area (Å²) in [5.41, 5.74) is 2.27. The van der Waals surface area contributed by atoms with E-state index < -0.39 is 10.0 Å². The summed E-state index contributed by atoms with van der Waals surface area (Å²) in [4.78, 5) is 0.0562. The molecule has 0 fully saturated rings. The molecule has 1 aromatic heterocycles. The van der Waals surface area contributed by atoms with Gasteiger partial charge in [0.1, 0.15) is 10.6 Å². The van der Waals surface area contributed by atoms with E-state index in [1.807, 2.05) is 60.7 Å². The predicted octanol–water partition coefficient (Wildman–Crippen LogP) is 5.71. The number of sulfonamides is 1. The van der Waals surface area contributed by atoms with Gasteiger partial charge in [-0.15, -0.1) is 0 Å². The van der Waals surface area contributed by atoms with Crippen LogP contribution < -0.4 is 4.72 Å². The van der Waals surface area contributed by atoms with Crippen molar-refractivity contribution in [1.82, 2.24) is 9.78 Å². The molecule has 1 heterocycles. The highest BCUT2D eigenvalue weighted by Crippen LogP contribution is 2.33. The predicted molar refractivity (Wildman–Crippen MR) is 120 cm³/mol. The number of benzene rings is 3. The summed E-state index contributed by atoms with van der Waals surface area (Å²) < 4.78 is 30.7. The van der Waals surface area contributed by atoms with Crippen LogP contribution in [0.15, 0.2) is 90.0 Å². The average Bonchev–Trinajstić information content (AvgIpc) is 3.18. The van der Waals surface area contributed by atoms with Crippen molar-refractivity contribution in [1.29, 1.82) is 0 Å². The second-order valence-electron chi connectivity index (χ2n) is 6.60. The second kappa shape index (κ2) is 8.52. The zero-order valence-corrected chi connectivity index (χ0v) is 18.0. The van der Waals surface area contributed by atoms with Gasteiger partial charge in [0.05, 0.1) is 22.3 Å². The van der Waals surface area contributed by atoms with Crippen LogP contribution in [0.3, 0.4) is 0 Å². The maximum Gasteiger partial charge on any atom is 0.265 e. The molecule has 1 N–H and O–H groups in total. The van der Waals surface area contributed by atoms with Crippen molar-refractivity contribution in [2.75, 3.05) is 4.72 Å². The lowest BCUT2D eigenvalue weighted by atomic mass is 10.2. The normalized spacial score (nSPS) is 11.4. The van der Waals surface area contributed by atoms with Gasteiger partial charge in [0.15, 0.2) is 0 Å². The van der Waals surface area contributed by atoms with E-state index in [0.717, 1.165) is 5.56 Å². The van der Waals surface area contributed by atoms with Crippen LogP contribution >= 0.6 is 23.2 Å². The van der Waals surface area contributed by atoms with Crippen LogP contribution in [0.5, 0.6) is 0 Å². The molecule has 8 heteroatoms. The summed E-state index contributed by atoms with van der Waals surface area (Å²) in [6.07, 6.45) is 1.52. The van der Waals surface area contributed by atoms with E-state index in [1.54, 1.807) is 22.9 Å². The highest BCUT2D eigenvalue weighted by molar-refractivity contribution is 7.92. The SMILES string of the molecule is O=S(=O)(Nc1cccc(Cl)c1Cl)c1cn(Cc2ccccc2)nc1-c1ccccc1. The van der Waals surface area contributed by atoms with Crippen molar-refractivity contribution in [3.8, 4) is 11.3 Å². The van der Waals surface area contributed by atoms with Crippen LogP contribution in [-0.4, -0.2) is 18.2 Å². The van der Waals surface area contributed by atoms with Crippen LogP contribution in [0.4, 0.5) is 5.69 Å². The Morgan fingerprint density at radius 2 is 1.53 bits per heavy atom. The third kappa shape index (κ3) is 4.36. The smallest absolute Gasteiger partial charge is 0.265 e. The maximum atomic E-state index is 13.3. The highest BCUT2D eigenvalue weighted by atomic mass is 35.5. The lowest BCUT2D eigenvalue weighted by Gasteiger charge is -2.10. The molecule has 0 saturated heterocycles. The number of halogens is 2. The number of anilines is 1. The summed E-state index contributed by atoms with van der Waals surface area (Å²) >= 11 is 12.2. The number of nitrogens with zero attached hydrogens (tertiary/aromatic N) is 2. The second-order valence-corrected chi connectivity index (χ2v) is 9.03. The molecule has 4 rings (SSSR count). The summed E-state index contributed by atoms with van der Waals surface area (Å²) in [7, 11) is -3.98. The van der Waals surface area contributed by atoms with Crippen molar-refractivity contribution in [2.24, 2.45) is 0 Å². The molecule has 5 nitrogen and oxygen atoms in total. The van der Waals surface area contributed by atoms with E-state index in [1.165, 1.54) is 6.20 Å². The zero-order chi connectivity index (χ0) is 21.1. The molecule has 0 spiro atoms. The molecule has 0 bridgehead atoms. The number of hydrogen-bond donors (Lipinski definition) is 1. The van der Waals surface area contributed by atoms with Gasteiger partial charge in [0, 0.05) is 11.8 Å². The van der Waals surface area contributed by atoms with Gasteiger partial charge in [-0.1, -0.05) is 89.9 Å². The molecule has 0 aliphatic heterocycles. The van der Waals surface area contributed by atoms with Crippen molar-refractivity contribution < 1.29 is 8.42 Å². The maximum absolute atomic E-state index is 13.3. The minimum atomic E-state index is -3.98. The van der Waals surface area contributed by atoms with Gasteiger partial charge in [-0.3, -0.25) is 9.40 Å². The van der Waals surface area contributed by atoms with Crippen LogP contribution in [0.2, 0.25) is 10.0 Å². The van der Waals surface area contributed by atoms with E-state index in [9.17, 15) is 8.42 Å².